The van der Waals surface area contributed by atoms with Gasteiger partial charge in [-0.2, -0.15) is 0 Å². The highest BCUT2D eigenvalue weighted by Gasteiger charge is 2.36. The summed E-state index contributed by atoms with van der Waals surface area (Å²) in [6, 6.07) is 24.1. The van der Waals surface area contributed by atoms with Gasteiger partial charge in [-0.05, 0) is 69.2 Å². The van der Waals surface area contributed by atoms with Crippen LogP contribution in [0.15, 0.2) is 88.2 Å². The highest BCUT2D eigenvalue weighted by atomic mass is 79.9. The molecule has 1 fully saturated rings. The topological polar surface area (TPSA) is 75.7 Å². The molecule has 3 amide bonds. The highest BCUT2D eigenvalue weighted by Crippen LogP contribution is 2.34. The molecule has 1 heterocycles. The maximum absolute atomic E-state index is 12.7. The number of benzene rings is 3. The van der Waals surface area contributed by atoms with Crippen molar-refractivity contribution in [1.82, 2.24) is 4.90 Å². The van der Waals surface area contributed by atoms with Crippen molar-refractivity contribution in [3.63, 3.8) is 0 Å². The van der Waals surface area contributed by atoms with E-state index in [0.29, 0.717) is 18.0 Å². The van der Waals surface area contributed by atoms with Crippen molar-refractivity contribution in [2.24, 2.45) is 0 Å². The van der Waals surface area contributed by atoms with Crippen LogP contribution < -0.4 is 10.1 Å². The minimum Gasteiger partial charge on any atom is -0.488 e. The molecule has 1 saturated heterocycles. The van der Waals surface area contributed by atoms with Gasteiger partial charge in [0, 0.05) is 5.69 Å². The van der Waals surface area contributed by atoms with Gasteiger partial charge in [0.1, 0.15) is 18.9 Å². The molecule has 3 aromatic carbocycles. The van der Waals surface area contributed by atoms with Crippen LogP contribution in [0.2, 0.25) is 0 Å². The number of rotatable bonds is 7. The summed E-state index contributed by atoms with van der Waals surface area (Å²) in [7, 11) is 0. The molecule has 0 aromatic heterocycles. The van der Waals surface area contributed by atoms with E-state index in [0.717, 1.165) is 32.3 Å². The largest absolute Gasteiger partial charge is 0.488 e. The van der Waals surface area contributed by atoms with Crippen LogP contribution in [0.1, 0.15) is 11.1 Å². The number of carbonyl (C=O) groups is 3. The number of hydrogen-bond acceptors (Lipinski definition) is 5. The predicted octanol–water partition coefficient (Wildman–Crippen LogP) is 5.70. The number of imide groups is 1. The Morgan fingerprint density at radius 2 is 1.70 bits per heavy atom. The van der Waals surface area contributed by atoms with E-state index in [1.165, 1.54) is 0 Å². The van der Waals surface area contributed by atoms with Crippen molar-refractivity contribution in [1.29, 1.82) is 0 Å². The first kappa shape index (κ1) is 22.8. The number of amides is 3. The van der Waals surface area contributed by atoms with Gasteiger partial charge in [0.2, 0.25) is 5.91 Å². The maximum Gasteiger partial charge on any atom is 0.294 e. The fraction of sp³-hybridized carbons (Fsp3) is 0.0800. The Morgan fingerprint density at radius 3 is 2.39 bits per heavy atom. The third-order valence-corrected chi connectivity index (χ3v) is 6.25. The van der Waals surface area contributed by atoms with Crippen molar-refractivity contribution < 1.29 is 19.1 Å². The third kappa shape index (κ3) is 5.91. The first-order valence-electron chi connectivity index (χ1n) is 10.1. The number of nitrogens with zero attached hydrogens (tertiary/aromatic N) is 1. The van der Waals surface area contributed by atoms with E-state index >= 15 is 0 Å². The van der Waals surface area contributed by atoms with Gasteiger partial charge in [0.05, 0.1) is 9.38 Å². The zero-order chi connectivity index (χ0) is 23.2. The predicted molar refractivity (Wildman–Crippen MR) is 133 cm³/mol. The number of ether oxygens (including phenoxy) is 1. The van der Waals surface area contributed by atoms with Gasteiger partial charge >= 0.3 is 0 Å². The van der Waals surface area contributed by atoms with Crippen molar-refractivity contribution in [3.05, 3.63) is 99.4 Å². The number of nitrogens with one attached hydrogen (secondary N) is 1. The minimum atomic E-state index is -0.492. The fourth-order valence-corrected chi connectivity index (χ4v) is 4.46. The van der Waals surface area contributed by atoms with Crippen LogP contribution >= 0.6 is 27.7 Å². The monoisotopic (exact) mass is 522 g/mol. The Hall–Kier alpha value is -3.36. The Morgan fingerprint density at radius 1 is 1.00 bits per heavy atom. The van der Waals surface area contributed by atoms with E-state index in [1.54, 1.807) is 42.5 Å². The number of thioether (sulfide) groups is 1. The van der Waals surface area contributed by atoms with Crippen LogP contribution in [0.4, 0.5) is 10.5 Å². The Labute approximate surface area is 203 Å². The minimum absolute atomic E-state index is 0.261. The molecule has 8 heteroatoms. The van der Waals surface area contributed by atoms with Crippen LogP contribution in [0.25, 0.3) is 6.08 Å². The quantitative estimate of drug-likeness (QED) is 0.402. The number of halogens is 1. The van der Waals surface area contributed by atoms with Gasteiger partial charge in [0.25, 0.3) is 11.1 Å². The maximum atomic E-state index is 12.7. The average Bonchev–Trinajstić information content (AvgIpc) is 3.07. The zero-order valence-electron chi connectivity index (χ0n) is 17.4. The highest BCUT2D eigenvalue weighted by molar-refractivity contribution is 9.10. The van der Waals surface area contributed by atoms with Crippen LogP contribution in [0.5, 0.6) is 5.75 Å². The normalized spacial score (nSPS) is 14.6. The Balaban J connectivity index is 1.40. The summed E-state index contributed by atoms with van der Waals surface area (Å²) in [5, 5.41) is 2.20. The molecule has 4 rings (SSSR count). The molecule has 6 nitrogen and oxygen atoms in total. The second-order valence-corrected chi connectivity index (χ2v) is 8.99. The number of anilines is 1. The van der Waals surface area contributed by atoms with Gasteiger partial charge in [-0.3, -0.25) is 19.3 Å². The lowest BCUT2D eigenvalue weighted by Gasteiger charge is -2.12. The molecule has 3 aromatic rings. The van der Waals surface area contributed by atoms with Gasteiger partial charge in [-0.1, -0.05) is 54.6 Å². The molecule has 0 spiro atoms. The molecular weight excluding hydrogens is 504 g/mol. The summed E-state index contributed by atoms with van der Waals surface area (Å²) in [6.45, 7) is 0.0928. The van der Waals surface area contributed by atoms with Crippen LogP contribution in [0.3, 0.4) is 0 Å². The van der Waals surface area contributed by atoms with E-state index in [9.17, 15) is 14.4 Å². The molecule has 0 atom stereocenters. The van der Waals surface area contributed by atoms with Crippen molar-refractivity contribution >= 4 is 56.5 Å². The third-order valence-electron chi connectivity index (χ3n) is 4.72. The lowest BCUT2D eigenvalue weighted by Crippen LogP contribution is -2.36. The number of para-hydroxylation sites is 1. The lowest BCUT2D eigenvalue weighted by atomic mass is 10.2. The van der Waals surface area contributed by atoms with E-state index in [1.807, 2.05) is 42.5 Å². The summed E-state index contributed by atoms with van der Waals surface area (Å²) in [4.78, 5) is 38.5. The van der Waals surface area contributed by atoms with E-state index in [2.05, 4.69) is 21.2 Å². The molecule has 0 unspecified atom stereocenters. The average molecular weight is 523 g/mol. The lowest BCUT2D eigenvalue weighted by molar-refractivity contribution is -0.127. The molecule has 0 saturated carbocycles. The number of carbonyl (C=O) groups excluding carboxylic acids is 3. The van der Waals surface area contributed by atoms with Crippen LogP contribution in [-0.2, 0) is 16.2 Å². The molecule has 33 heavy (non-hydrogen) atoms. The molecule has 1 N–H and O–H groups in total. The standard InChI is InChI=1S/C25H19BrN2O4S/c26-20-13-18(11-12-21(20)32-16-17-7-3-1-4-8-17)14-22-24(30)28(25(31)33-22)15-23(29)27-19-9-5-2-6-10-19/h1-14H,15-16H2,(H,27,29)/b22-14+. The van der Waals surface area contributed by atoms with Gasteiger partial charge in [-0.25, -0.2) is 0 Å². The second kappa shape index (κ2) is 10.5. The SMILES string of the molecule is O=C(CN1C(=O)S/C(=C/c2ccc(OCc3ccccc3)c(Br)c2)C1=O)Nc1ccccc1. The number of hydrogen-bond donors (Lipinski definition) is 1. The molecule has 0 radical (unpaired) electrons. The van der Waals surface area contributed by atoms with Gasteiger partial charge < -0.3 is 10.1 Å². The molecular formula is C25H19BrN2O4S. The Kier molecular flexibility index (Phi) is 7.26. The summed E-state index contributed by atoms with van der Waals surface area (Å²) >= 11 is 4.31. The summed E-state index contributed by atoms with van der Waals surface area (Å²) in [6.07, 6.45) is 1.63. The van der Waals surface area contributed by atoms with Crippen molar-refractivity contribution in [2.75, 3.05) is 11.9 Å². The molecule has 166 valence electrons. The van der Waals surface area contributed by atoms with E-state index in [-0.39, 0.29) is 11.4 Å². The zero-order valence-corrected chi connectivity index (χ0v) is 19.8. The van der Waals surface area contributed by atoms with E-state index < -0.39 is 17.1 Å². The summed E-state index contributed by atoms with van der Waals surface area (Å²) in [5.74, 6) is -0.261. The van der Waals surface area contributed by atoms with Gasteiger partial charge in [-0.15, -0.1) is 0 Å². The smallest absolute Gasteiger partial charge is 0.294 e. The molecule has 1 aliphatic rings. The first-order chi connectivity index (χ1) is 16.0. The Bertz CT molecular complexity index is 1220. The fourth-order valence-electron chi connectivity index (χ4n) is 3.11. The molecule has 0 aliphatic carbocycles. The molecule has 0 bridgehead atoms. The second-order valence-electron chi connectivity index (χ2n) is 7.15. The van der Waals surface area contributed by atoms with E-state index in [4.69, 9.17) is 4.74 Å². The summed E-state index contributed by atoms with van der Waals surface area (Å²) < 4.78 is 6.58. The van der Waals surface area contributed by atoms with Crippen molar-refractivity contribution in [2.45, 2.75) is 6.61 Å². The van der Waals surface area contributed by atoms with Crippen LogP contribution in [-0.4, -0.2) is 28.5 Å². The summed E-state index contributed by atoms with van der Waals surface area (Å²) in [5.41, 5.74) is 2.39. The first-order valence-corrected chi connectivity index (χ1v) is 11.7. The van der Waals surface area contributed by atoms with Crippen molar-refractivity contribution in [3.8, 4) is 5.75 Å². The van der Waals surface area contributed by atoms with Gasteiger partial charge in [0.15, 0.2) is 0 Å². The van der Waals surface area contributed by atoms with Crippen LogP contribution in [0, 0.1) is 0 Å². The molecule has 1 aliphatic heterocycles.